The van der Waals surface area contributed by atoms with E-state index in [2.05, 4.69) is 48.5 Å². The van der Waals surface area contributed by atoms with Gasteiger partial charge in [-0.05, 0) is 39.3 Å². The highest BCUT2D eigenvalue weighted by molar-refractivity contribution is 5.80. The Bertz CT molecular complexity index is 557. The first kappa shape index (κ1) is 17.4. The molecule has 0 saturated heterocycles. The van der Waals surface area contributed by atoms with Gasteiger partial charge < -0.3 is 20.1 Å². The molecule has 1 heterocycles. The highest BCUT2D eigenvalue weighted by Gasteiger charge is 2.21. The topological polar surface area (TPSA) is 54.9 Å². The first-order valence-corrected chi connectivity index (χ1v) is 8.49. The quantitative estimate of drug-likeness (QED) is 0.625. The molecule has 0 saturated carbocycles. The number of aliphatic imine (C=N–C) groups is 1. The first-order valence-electron chi connectivity index (χ1n) is 8.49. The maximum absolute atomic E-state index is 5.87. The van der Waals surface area contributed by atoms with Crippen LogP contribution < -0.4 is 20.1 Å². The summed E-state index contributed by atoms with van der Waals surface area (Å²) in [5, 5.41) is 6.72. The molecule has 5 nitrogen and oxygen atoms in total. The van der Waals surface area contributed by atoms with Gasteiger partial charge in [-0.15, -0.1) is 0 Å². The highest BCUT2D eigenvalue weighted by Crippen LogP contribution is 2.35. The lowest BCUT2D eigenvalue weighted by Gasteiger charge is -2.18. The molecule has 0 spiro atoms. The molecule has 1 aliphatic rings. The standard InChI is InChI=1S/C18H29N3O2/c1-6-12(3)21-18(19-5)20-11-15-10-17-14(8-13(4)23-17)9-16(15)22-7-2/h9-10,12-13H,6-8,11H2,1-5H3,(H2,19,20,21). The van der Waals surface area contributed by atoms with Crippen LogP contribution in [0.3, 0.4) is 0 Å². The second-order valence-electron chi connectivity index (χ2n) is 6.01. The van der Waals surface area contributed by atoms with Crippen molar-refractivity contribution in [2.24, 2.45) is 4.99 Å². The molecule has 1 aliphatic heterocycles. The maximum Gasteiger partial charge on any atom is 0.191 e. The molecule has 0 amide bonds. The predicted octanol–water partition coefficient (Wildman–Crippen LogP) is 2.87. The van der Waals surface area contributed by atoms with Gasteiger partial charge in [0.1, 0.15) is 17.6 Å². The van der Waals surface area contributed by atoms with Crippen molar-refractivity contribution in [2.45, 2.75) is 59.2 Å². The third kappa shape index (κ3) is 4.53. The Labute approximate surface area is 139 Å². The van der Waals surface area contributed by atoms with Gasteiger partial charge in [0.2, 0.25) is 0 Å². The van der Waals surface area contributed by atoms with Crippen LogP contribution in [0.1, 0.15) is 45.2 Å². The molecule has 2 N–H and O–H groups in total. The SMILES string of the molecule is CCOc1cc2c(cc1CNC(=NC)NC(C)CC)OC(C)C2. The summed E-state index contributed by atoms with van der Waals surface area (Å²) in [6.45, 7) is 9.70. The summed E-state index contributed by atoms with van der Waals surface area (Å²) in [7, 11) is 1.79. The number of benzene rings is 1. The molecule has 23 heavy (non-hydrogen) atoms. The minimum absolute atomic E-state index is 0.238. The van der Waals surface area contributed by atoms with Crippen LogP contribution in [0.15, 0.2) is 17.1 Å². The minimum atomic E-state index is 0.238. The molecule has 2 atom stereocenters. The Morgan fingerprint density at radius 1 is 1.43 bits per heavy atom. The summed E-state index contributed by atoms with van der Waals surface area (Å²) in [6.07, 6.45) is 2.23. The van der Waals surface area contributed by atoms with Gasteiger partial charge in [-0.3, -0.25) is 4.99 Å². The van der Waals surface area contributed by atoms with Crippen LogP contribution in [0.2, 0.25) is 0 Å². The van der Waals surface area contributed by atoms with Crippen LogP contribution in [0.25, 0.3) is 0 Å². The molecule has 1 aromatic rings. The van der Waals surface area contributed by atoms with Gasteiger partial charge in [-0.25, -0.2) is 0 Å². The number of guanidine groups is 1. The smallest absolute Gasteiger partial charge is 0.191 e. The Hall–Kier alpha value is -1.91. The number of nitrogens with zero attached hydrogens (tertiary/aromatic N) is 1. The number of ether oxygens (including phenoxy) is 2. The second kappa shape index (κ2) is 8.09. The van der Waals surface area contributed by atoms with E-state index in [4.69, 9.17) is 9.47 Å². The van der Waals surface area contributed by atoms with Crippen LogP contribution in [-0.4, -0.2) is 31.8 Å². The van der Waals surface area contributed by atoms with Crippen LogP contribution in [0.5, 0.6) is 11.5 Å². The number of fused-ring (bicyclic) bond motifs is 1. The lowest BCUT2D eigenvalue weighted by molar-refractivity contribution is 0.254. The fraction of sp³-hybridized carbons (Fsp3) is 0.611. The molecule has 1 aromatic carbocycles. The Morgan fingerprint density at radius 2 is 2.22 bits per heavy atom. The van der Waals surface area contributed by atoms with Crippen LogP contribution in [0.4, 0.5) is 0 Å². The van der Waals surface area contributed by atoms with Gasteiger partial charge in [0.05, 0.1) is 6.61 Å². The predicted molar refractivity (Wildman–Crippen MR) is 94.5 cm³/mol. The van der Waals surface area contributed by atoms with Gasteiger partial charge in [0, 0.05) is 37.2 Å². The van der Waals surface area contributed by atoms with Crippen LogP contribution in [0, 0.1) is 0 Å². The number of hydrogen-bond donors (Lipinski definition) is 2. The van der Waals surface area contributed by atoms with Crippen molar-refractivity contribution in [3.05, 3.63) is 23.3 Å². The lowest BCUT2D eigenvalue weighted by atomic mass is 10.1. The van der Waals surface area contributed by atoms with E-state index in [9.17, 15) is 0 Å². The summed E-state index contributed by atoms with van der Waals surface area (Å²) in [6, 6.07) is 4.59. The molecule has 2 rings (SSSR count). The highest BCUT2D eigenvalue weighted by atomic mass is 16.5. The largest absolute Gasteiger partial charge is 0.494 e. The zero-order valence-electron chi connectivity index (χ0n) is 14.9. The Balaban J connectivity index is 2.10. The van der Waals surface area contributed by atoms with Crippen molar-refractivity contribution in [2.75, 3.05) is 13.7 Å². The summed E-state index contributed by atoms with van der Waals surface area (Å²) in [5.41, 5.74) is 2.32. The van der Waals surface area contributed by atoms with Crippen LogP contribution in [-0.2, 0) is 13.0 Å². The van der Waals surface area contributed by atoms with E-state index in [-0.39, 0.29) is 6.10 Å². The third-order valence-electron chi connectivity index (χ3n) is 4.04. The molecule has 0 bridgehead atoms. The molecule has 0 aliphatic carbocycles. The van der Waals surface area contributed by atoms with Crippen molar-refractivity contribution in [3.63, 3.8) is 0 Å². The fourth-order valence-corrected chi connectivity index (χ4v) is 2.62. The van der Waals surface area contributed by atoms with Crippen molar-refractivity contribution in [1.29, 1.82) is 0 Å². The fourth-order valence-electron chi connectivity index (χ4n) is 2.62. The molecule has 0 fully saturated rings. The summed E-state index contributed by atoms with van der Waals surface area (Å²) >= 11 is 0. The van der Waals surface area contributed by atoms with Gasteiger partial charge in [0.25, 0.3) is 0 Å². The zero-order valence-corrected chi connectivity index (χ0v) is 14.9. The van der Waals surface area contributed by atoms with E-state index in [0.717, 1.165) is 35.9 Å². The minimum Gasteiger partial charge on any atom is -0.494 e. The molecular formula is C18H29N3O2. The van der Waals surface area contributed by atoms with Crippen molar-refractivity contribution in [1.82, 2.24) is 10.6 Å². The number of hydrogen-bond acceptors (Lipinski definition) is 3. The zero-order chi connectivity index (χ0) is 16.8. The lowest BCUT2D eigenvalue weighted by Crippen LogP contribution is -2.41. The Morgan fingerprint density at radius 3 is 2.87 bits per heavy atom. The van der Waals surface area contributed by atoms with Crippen molar-refractivity contribution < 1.29 is 9.47 Å². The average Bonchev–Trinajstić information content (AvgIpc) is 2.90. The maximum atomic E-state index is 5.87. The monoisotopic (exact) mass is 319 g/mol. The summed E-state index contributed by atoms with van der Waals surface area (Å²) in [4.78, 5) is 4.27. The Kier molecular flexibility index (Phi) is 6.13. The second-order valence-corrected chi connectivity index (χ2v) is 6.01. The summed E-state index contributed by atoms with van der Waals surface area (Å²) < 4.78 is 11.7. The van der Waals surface area contributed by atoms with Gasteiger partial charge >= 0.3 is 0 Å². The molecule has 5 heteroatoms. The van der Waals surface area contributed by atoms with Crippen molar-refractivity contribution in [3.8, 4) is 11.5 Å². The molecule has 128 valence electrons. The number of nitrogens with one attached hydrogen (secondary N) is 2. The molecule has 0 radical (unpaired) electrons. The van der Waals surface area contributed by atoms with E-state index in [1.807, 2.05) is 6.92 Å². The summed E-state index contributed by atoms with van der Waals surface area (Å²) in [5.74, 6) is 2.70. The van der Waals surface area contributed by atoms with E-state index >= 15 is 0 Å². The van der Waals surface area contributed by atoms with E-state index in [0.29, 0.717) is 19.2 Å². The average molecular weight is 319 g/mol. The third-order valence-corrected chi connectivity index (χ3v) is 4.04. The van der Waals surface area contributed by atoms with Crippen molar-refractivity contribution >= 4 is 5.96 Å². The van der Waals surface area contributed by atoms with Gasteiger partial charge in [-0.2, -0.15) is 0 Å². The van der Waals surface area contributed by atoms with Crippen LogP contribution >= 0.6 is 0 Å². The van der Waals surface area contributed by atoms with E-state index in [1.54, 1.807) is 7.05 Å². The number of rotatable bonds is 6. The molecule has 2 unspecified atom stereocenters. The van der Waals surface area contributed by atoms with Gasteiger partial charge in [-0.1, -0.05) is 6.92 Å². The normalized spacial score (nSPS) is 18.1. The molecular weight excluding hydrogens is 290 g/mol. The van der Waals surface area contributed by atoms with E-state index < -0.39 is 0 Å². The van der Waals surface area contributed by atoms with Gasteiger partial charge in [0.15, 0.2) is 5.96 Å². The first-order chi connectivity index (χ1) is 11.1. The van der Waals surface area contributed by atoms with E-state index in [1.165, 1.54) is 5.56 Å². The molecule has 0 aromatic heterocycles.